The summed E-state index contributed by atoms with van der Waals surface area (Å²) < 4.78 is 5.38. The van der Waals surface area contributed by atoms with Crippen molar-refractivity contribution in [3.05, 3.63) is 29.8 Å². The van der Waals surface area contributed by atoms with Gasteiger partial charge in [0.1, 0.15) is 5.75 Å². The Morgan fingerprint density at radius 2 is 1.92 bits per heavy atom. The number of carbonyl (C=O) groups is 1. The van der Waals surface area contributed by atoms with Crippen LogP contribution in [0, 0.1) is 0 Å². The van der Waals surface area contributed by atoms with Crippen LogP contribution in [0.4, 0.5) is 0 Å². The maximum atomic E-state index is 10.6. The first kappa shape index (κ1) is 10.5. The molecule has 1 rings (SSSR count). The van der Waals surface area contributed by atoms with E-state index in [1.165, 1.54) is 12.5 Å². The highest BCUT2D eigenvalue weighted by Crippen LogP contribution is 2.24. The van der Waals surface area contributed by atoms with E-state index in [1.54, 1.807) is 0 Å². The summed E-state index contributed by atoms with van der Waals surface area (Å²) in [7, 11) is 0. The van der Waals surface area contributed by atoms with Crippen LogP contribution < -0.4 is 4.74 Å². The smallest absolute Gasteiger partial charge is 0.308 e. The second-order valence-corrected chi connectivity index (χ2v) is 4.65. The van der Waals surface area contributed by atoms with Gasteiger partial charge in [0.05, 0.1) is 0 Å². The third-order valence-corrected chi connectivity index (χ3v) is 2.32. The number of ether oxygens (including phenoxy) is 1. The third-order valence-electron chi connectivity index (χ3n) is 1.60. The lowest BCUT2D eigenvalue weighted by molar-refractivity contribution is -0.131. The van der Waals surface area contributed by atoms with Gasteiger partial charge in [0.25, 0.3) is 0 Å². The van der Waals surface area contributed by atoms with E-state index in [4.69, 9.17) is 4.74 Å². The van der Waals surface area contributed by atoms with Crippen molar-refractivity contribution < 1.29 is 9.53 Å². The second kappa shape index (κ2) is 4.60. The molecule has 0 aliphatic heterocycles. The van der Waals surface area contributed by atoms with Crippen molar-refractivity contribution in [3.63, 3.8) is 0 Å². The lowest BCUT2D eigenvalue weighted by Gasteiger charge is -2.04. The van der Waals surface area contributed by atoms with Crippen LogP contribution in [0.3, 0.4) is 0 Å². The highest BCUT2D eigenvalue weighted by Gasteiger charge is 2.01. The first-order chi connectivity index (χ1) is 6.09. The Kier molecular flexibility index (Phi) is 3.71. The molecule has 0 fully saturated rings. The van der Waals surface area contributed by atoms with Gasteiger partial charge in [-0.2, -0.15) is 0 Å². The molecule has 0 aromatic heterocycles. The summed E-state index contributed by atoms with van der Waals surface area (Å²) in [4.78, 5) is 10.6. The van der Waals surface area contributed by atoms with E-state index in [-0.39, 0.29) is 5.97 Å². The summed E-state index contributed by atoms with van der Waals surface area (Å²) in [6.45, 7) is 3.51. The fourth-order valence-electron chi connectivity index (χ4n) is 0.967. The number of hydrogen-bond acceptors (Lipinski definition) is 2. The van der Waals surface area contributed by atoms with Crippen LogP contribution in [-0.4, -0.2) is 5.97 Å². The lowest BCUT2D eigenvalue weighted by Crippen LogP contribution is -2.01. The van der Waals surface area contributed by atoms with Crippen molar-refractivity contribution in [2.75, 3.05) is 0 Å². The highest BCUT2D eigenvalue weighted by atomic mass is 127. The summed E-state index contributed by atoms with van der Waals surface area (Å²) in [6.07, 6.45) is 0. The number of hydrogen-bond donors (Lipinski definition) is 0. The first-order valence-electron chi connectivity index (χ1n) is 4.02. The molecule has 1 aromatic carbocycles. The summed E-state index contributed by atoms with van der Waals surface area (Å²) >= 11 is 2.34. The number of rotatable bonds is 2. The fourth-order valence-corrected chi connectivity index (χ4v) is 1.38. The average molecular weight is 290 g/mol. The van der Waals surface area contributed by atoms with Crippen LogP contribution in [0.5, 0.6) is 5.75 Å². The SMILES string of the molecule is CC(=O)Oc1ccc(C(C)I)cc1. The molecule has 70 valence electrons. The van der Waals surface area contributed by atoms with Gasteiger partial charge in [-0.05, 0) is 24.6 Å². The molecule has 0 heterocycles. The van der Waals surface area contributed by atoms with Gasteiger partial charge in [0, 0.05) is 10.8 Å². The molecule has 13 heavy (non-hydrogen) atoms. The zero-order valence-electron chi connectivity index (χ0n) is 7.58. The normalized spacial score (nSPS) is 12.2. The molecule has 0 bridgehead atoms. The van der Waals surface area contributed by atoms with E-state index in [0.717, 1.165) is 0 Å². The molecule has 0 saturated carbocycles. The Morgan fingerprint density at radius 1 is 1.38 bits per heavy atom. The monoisotopic (exact) mass is 290 g/mol. The first-order valence-corrected chi connectivity index (χ1v) is 5.26. The third kappa shape index (κ3) is 3.34. The van der Waals surface area contributed by atoms with E-state index in [2.05, 4.69) is 29.5 Å². The molecule has 1 aromatic rings. The largest absolute Gasteiger partial charge is 0.427 e. The topological polar surface area (TPSA) is 26.3 Å². The van der Waals surface area contributed by atoms with E-state index >= 15 is 0 Å². The van der Waals surface area contributed by atoms with Crippen molar-refractivity contribution in [3.8, 4) is 5.75 Å². The summed E-state index contributed by atoms with van der Waals surface area (Å²) in [5.74, 6) is 0.323. The molecular weight excluding hydrogens is 279 g/mol. The fraction of sp³-hybridized carbons (Fsp3) is 0.300. The van der Waals surface area contributed by atoms with Gasteiger partial charge in [-0.1, -0.05) is 34.7 Å². The van der Waals surface area contributed by atoms with Gasteiger partial charge >= 0.3 is 5.97 Å². The van der Waals surface area contributed by atoms with Crippen LogP contribution in [0.2, 0.25) is 0 Å². The van der Waals surface area contributed by atoms with Crippen molar-refractivity contribution in [1.82, 2.24) is 0 Å². The predicted octanol–water partition coefficient (Wildman–Crippen LogP) is 3.11. The van der Waals surface area contributed by atoms with Crippen LogP contribution in [0.15, 0.2) is 24.3 Å². The number of alkyl halides is 1. The molecule has 1 unspecified atom stereocenters. The van der Waals surface area contributed by atoms with Crippen LogP contribution in [0.1, 0.15) is 23.3 Å². The molecule has 1 atom stereocenters. The highest BCUT2D eigenvalue weighted by molar-refractivity contribution is 14.1. The molecule has 0 saturated heterocycles. The lowest BCUT2D eigenvalue weighted by atomic mass is 10.2. The minimum atomic E-state index is -0.282. The summed E-state index contributed by atoms with van der Waals surface area (Å²) in [5, 5.41) is 0. The number of benzene rings is 1. The summed E-state index contributed by atoms with van der Waals surface area (Å²) in [6, 6.07) is 7.56. The van der Waals surface area contributed by atoms with Crippen molar-refractivity contribution >= 4 is 28.6 Å². The Bertz CT molecular complexity index is 290. The molecule has 0 amide bonds. The Labute approximate surface area is 91.4 Å². The van der Waals surface area contributed by atoms with E-state index in [1.807, 2.05) is 24.3 Å². The molecule has 0 spiro atoms. The minimum absolute atomic E-state index is 0.282. The quantitative estimate of drug-likeness (QED) is 0.362. The predicted molar refractivity (Wildman–Crippen MR) is 60.2 cm³/mol. The Morgan fingerprint density at radius 3 is 2.31 bits per heavy atom. The number of esters is 1. The van der Waals surface area contributed by atoms with Crippen LogP contribution in [0.25, 0.3) is 0 Å². The van der Waals surface area contributed by atoms with E-state index < -0.39 is 0 Å². The van der Waals surface area contributed by atoms with Gasteiger partial charge in [-0.25, -0.2) is 0 Å². The van der Waals surface area contributed by atoms with Crippen molar-refractivity contribution in [1.29, 1.82) is 0 Å². The average Bonchev–Trinajstić information content (AvgIpc) is 2.04. The Balaban J connectivity index is 2.75. The van der Waals surface area contributed by atoms with Crippen molar-refractivity contribution in [2.45, 2.75) is 17.8 Å². The van der Waals surface area contributed by atoms with Gasteiger partial charge in [0.2, 0.25) is 0 Å². The molecular formula is C10H11IO2. The maximum absolute atomic E-state index is 10.6. The molecule has 0 aliphatic rings. The van der Waals surface area contributed by atoms with Crippen LogP contribution in [-0.2, 0) is 4.79 Å². The van der Waals surface area contributed by atoms with Gasteiger partial charge in [-0.15, -0.1) is 0 Å². The number of carbonyl (C=O) groups excluding carboxylic acids is 1. The van der Waals surface area contributed by atoms with Gasteiger partial charge < -0.3 is 4.74 Å². The zero-order chi connectivity index (χ0) is 9.84. The minimum Gasteiger partial charge on any atom is -0.427 e. The van der Waals surface area contributed by atoms with Gasteiger partial charge in [-0.3, -0.25) is 4.79 Å². The molecule has 0 aliphatic carbocycles. The molecule has 2 nitrogen and oxygen atoms in total. The zero-order valence-corrected chi connectivity index (χ0v) is 9.74. The van der Waals surface area contributed by atoms with Crippen molar-refractivity contribution in [2.24, 2.45) is 0 Å². The molecule has 0 N–H and O–H groups in total. The van der Waals surface area contributed by atoms with E-state index in [9.17, 15) is 4.79 Å². The summed E-state index contributed by atoms with van der Waals surface area (Å²) in [5.41, 5.74) is 1.23. The maximum Gasteiger partial charge on any atom is 0.308 e. The molecule has 0 radical (unpaired) electrons. The van der Waals surface area contributed by atoms with Crippen LogP contribution >= 0.6 is 22.6 Å². The molecule has 3 heteroatoms. The standard InChI is InChI=1S/C10H11IO2/c1-7(11)9-3-5-10(6-4-9)13-8(2)12/h3-7H,1-2H3. The van der Waals surface area contributed by atoms with E-state index in [0.29, 0.717) is 9.67 Å². The van der Waals surface area contributed by atoms with Gasteiger partial charge in [0.15, 0.2) is 0 Å². The second-order valence-electron chi connectivity index (χ2n) is 2.78. The number of halogens is 1. The Hall–Kier alpha value is -0.580.